The second-order valence-electron chi connectivity index (χ2n) is 4.65. The smallest absolute Gasteiger partial charge is 0.223 e. The second-order valence-corrected chi connectivity index (χ2v) is 7.12. The van der Waals surface area contributed by atoms with Crippen molar-refractivity contribution in [3.63, 3.8) is 0 Å². The standard InChI is InChI=1S/C11H22N2O3S.ClH/c1-2-17(15,16)7-6-13-11(14)9-4-3-5-10(12)8-9;/h9-10H,2-8,12H2,1H3,(H,13,14);1H. The number of amides is 1. The van der Waals surface area contributed by atoms with Gasteiger partial charge in [0.25, 0.3) is 0 Å². The van der Waals surface area contributed by atoms with Crippen molar-refractivity contribution in [3.8, 4) is 0 Å². The number of halogens is 1. The minimum absolute atomic E-state index is 0. The lowest BCUT2D eigenvalue weighted by atomic mass is 9.85. The molecule has 0 saturated heterocycles. The normalized spacial score (nSPS) is 24.1. The van der Waals surface area contributed by atoms with Crippen LogP contribution in [0.3, 0.4) is 0 Å². The Morgan fingerprint density at radius 2 is 2.06 bits per heavy atom. The van der Waals surface area contributed by atoms with Gasteiger partial charge in [0.15, 0.2) is 9.84 Å². The maximum Gasteiger partial charge on any atom is 0.223 e. The second kappa shape index (κ2) is 7.96. The Kier molecular flexibility index (Phi) is 7.82. The maximum absolute atomic E-state index is 11.8. The molecule has 1 amide bonds. The van der Waals surface area contributed by atoms with Crippen molar-refractivity contribution < 1.29 is 13.2 Å². The average Bonchev–Trinajstić information content (AvgIpc) is 2.28. The lowest BCUT2D eigenvalue weighted by Crippen LogP contribution is -2.39. The molecule has 1 fully saturated rings. The lowest BCUT2D eigenvalue weighted by molar-refractivity contribution is -0.125. The summed E-state index contributed by atoms with van der Waals surface area (Å²) in [5.41, 5.74) is 5.81. The van der Waals surface area contributed by atoms with Gasteiger partial charge in [0.05, 0.1) is 5.75 Å². The molecule has 0 heterocycles. The summed E-state index contributed by atoms with van der Waals surface area (Å²) in [6, 6.07) is 0.110. The van der Waals surface area contributed by atoms with Crippen LogP contribution in [-0.2, 0) is 14.6 Å². The van der Waals surface area contributed by atoms with Crippen molar-refractivity contribution in [1.82, 2.24) is 5.32 Å². The number of carbonyl (C=O) groups excluding carboxylic acids is 1. The molecule has 108 valence electrons. The molecular weight excluding hydrogens is 276 g/mol. The molecule has 2 atom stereocenters. The van der Waals surface area contributed by atoms with Crippen molar-refractivity contribution >= 4 is 28.2 Å². The highest BCUT2D eigenvalue weighted by Crippen LogP contribution is 2.22. The van der Waals surface area contributed by atoms with E-state index in [1.807, 2.05) is 0 Å². The molecule has 0 aromatic carbocycles. The topological polar surface area (TPSA) is 89.3 Å². The highest BCUT2D eigenvalue weighted by molar-refractivity contribution is 7.91. The van der Waals surface area contributed by atoms with Crippen LogP contribution in [0.5, 0.6) is 0 Å². The van der Waals surface area contributed by atoms with Crippen molar-refractivity contribution in [2.75, 3.05) is 18.1 Å². The van der Waals surface area contributed by atoms with Crippen LogP contribution in [0.15, 0.2) is 0 Å². The molecule has 0 radical (unpaired) electrons. The molecule has 0 spiro atoms. The summed E-state index contributed by atoms with van der Waals surface area (Å²) in [6.07, 6.45) is 3.53. The Labute approximate surface area is 115 Å². The predicted octanol–water partition coefficient (Wildman–Crippen LogP) is 0.477. The van der Waals surface area contributed by atoms with Gasteiger partial charge in [0.1, 0.15) is 0 Å². The Morgan fingerprint density at radius 3 is 2.61 bits per heavy atom. The largest absolute Gasteiger partial charge is 0.355 e. The number of nitrogens with one attached hydrogen (secondary N) is 1. The van der Waals surface area contributed by atoms with Crippen LogP contribution in [0.1, 0.15) is 32.6 Å². The van der Waals surface area contributed by atoms with E-state index in [1.54, 1.807) is 6.92 Å². The Bertz CT molecular complexity index is 359. The fourth-order valence-electron chi connectivity index (χ4n) is 2.08. The molecule has 3 N–H and O–H groups in total. The molecule has 1 saturated carbocycles. The van der Waals surface area contributed by atoms with Gasteiger partial charge in [0.2, 0.25) is 5.91 Å². The lowest BCUT2D eigenvalue weighted by Gasteiger charge is -2.25. The Hall–Kier alpha value is -0.330. The van der Waals surface area contributed by atoms with Gasteiger partial charge in [-0.1, -0.05) is 13.3 Å². The molecule has 1 rings (SSSR count). The molecule has 0 aromatic rings. The van der Waals surface area contributed by atoms with Crippen LogP contribution in [0, 0.1) is 5.92 Å². The van der Waals surface area contributed by atoms with E-state index in [0.717, 1.165) is 19.3 Å². The van der Waals surface area contributed by atoms with Gasteiger partial charge in [-0.05, 0) is 19.3 Å². The van der Waals surface area contributed by atoms with E-state index in [4.69, 9.17) is 5.73 Å². The van der Waals surface area contributed by atoms with Crippen LogP contribution in [0.25, 0.3) is 0 Å². The van der Waals surface area contributed by atoms with Crippen molar-refractivity contribution in [3.05, 3.63) is 0 Å². The summed E-state index contributed by atoms with van der Waals surface area (Å²) in [4.78, 5) is 11.8. The fourth-order valence-corrected chi connectivity index (χ4v) is 2.79. The number of rotatable bonds is 5. The number of sulfone groups is 1. The van der Waals surface area contributed by atoms with E-state index < -0.39 is 9.84 Å². The third-order valence-corrected chi connectivity index (χ3v) is 4.94. The van der Waals surface area contributed by atoms with Gasteiger partial charge in [0, 0.05) is 24.3 Å². The zero-order valence-corrected chi connectivity index (χ0v) is 12.4. The van der Waals surface area contributed by atoms with Crippen LogP contribution in [0.4, 0.5) is 0 Å². The minimum Gasteiger partial charge on any atom is -0.355 e. The van der Waals surface area contributed by atoms with Crippen LogP contribution >= 0.6 is 12.4 Å². The summed E-state index contributed by atoms with van der Waals surface area (Å²) in [7, 11) is -3.00. The van der Waals surface area contributed by atoms with E-state index in [1.165, 1.54) is 0 Å². The van der Waals surface area contributed by atoms with Crippen molar-refractivity contribution in [2.24, 2.45) is 11.7 Å². The highest BCUT2D eigenvalue weighted by atomic mass is 35.5. The third-order valence-electron chi connectivity index (χ3n) is 3.24. The van der Waals surface area contributed by atoms with Gasteiger partial charge in [-0.15, -0.1) is 12.4 Å². The van der Waals surface area contributed by atoms with E-state index in [-0.39, 0.29) is 48.3 Å². The summed E-state index contributed by atoms with van der Waals surface area (Å²) >= 11 is 0. The number of hydrogen-bond donors (Lipinski definition) is 2. The van der Waals surface area contributed by atoms with Crippen LogP contribution < -0.4 is 11.1 Å². The number of hydrogen-bond acceptors (Lipinski definition) is 4. The van der Waals surface area contributed by atoms with Crippen molar-refractivity contribution in [1.29, 1.82) is 0 Å². The van der Waals surface area contributed by atoms with E-state index >= 15 is 0 Å². The first-order chi connectivity index (χ1) is 7.94. The summed E-state index contributed by atoms with van der Waals surface area (Å²) < 4.78 is 22.5. The zero-order valence-electron chi connectivity index (χ0n) is 10.7. The predicted molar refractivity (Wildman–Crippen MR) is 74.5 cm³/mol. The fraction of sp³-hybridized carbons (Fsp3) is 0.909. The first-order valence-corrected chi connectivity index (χ1v) is 8.00. The van der Waals surface area contributed by atoms with Crippen LogP contribution in [-0.4, -0.2) is 38.4 Å². The molecule has 5 nitrogen and oxygen atoms in total. The first kappa shape index (κ1) is 17.7. The first-order valence-electron chi connectivity index (χ1n) is 6.18. The average molecular weight is 299 g/mol. The molecule has 0 bridgehead atoms. The molecule has 0 aliphatic heterocycles. The summed E-state index contributed by atoms with van der Waals surface area (Å²) in [5.74, 6) is 0.0556. The number of nitrogens with two attached hydrogens (primary N) is 1. The molecule has 18 heavy (non-hydrogen) atoms. The van der Waals surface area contributed by atoms with E-state index in [9.17, 15) is 13.2 Å². The van der Waals surface area contributed by atoms with E-state index in [2.05, 4.69) is 5.32 Å². The quantitative estimate of drug-likeness (QED) is 0.772. The van der Waals surface area contributed by atoms with Gasteiger partial charge in [-0.25, -0.2) is 8.42 Å². The summed E-state index contributed by atoms with van der Waals surface area (Å²) in [5, 5.41) is 2.69. The molecular formula is C11H23ClN2O3S. The molecule has 2 unspecified atom stereocenters. The molecule has 7 heteroatoms. The number of carbonyl (C=O) groups is 1. The molecule has 1 aliphatic carbocycles. The van der Waals surface area contributed by atoms with Crippen LogP contribution in [0.2, 0.25) is 0 Å². The van der Waals surface area contributed by atoms with Gasteiger partial charge in [-0.2, -0.15) is 0 Å². The Morgan fingerprint density at radius 1 is 1.39 bits per heavy atom. The highest BCUT2D eigenvalue weighted by Gasteiger charge is 2.25. The Balaban J connectivity index is 0.00000289. The zero-order chi connectivity index (χ0) is 12.9. The van der Waals surface area contributed by atoms with Gasteiger partial charge >= 0.3 is 0 Å². The monoisotopic (exact) mass is 298 g/mol. The SMILES string of the molecule is CCS(=O)(=O)CCNC(=O)C1CCCC(N)C1.Cl. The third kappa shape index (κ3) is 6.02. The van der Waals surface area contributed by atoms with Gasteiger partial charge in [-0.3, -0.25) is 4.79 Å². The molecule has 0 aromatic heterocycles. The van der Waals surface area contributed by atoms with Crippen molar-refractivity contribution in [2.45, 2.75) is 38.6 Å². The summed E-state index contributed by atoms with van der Waals surface area (Å²) in [6.45, 7) is 1.82. The van der Waals surface area contributed by atoms with Gasteiger partial charge < -0.3 is 11.1 Å². The maximum atomic E-state index is 11.8. The minimum atomic E-state index is -3.00. The molecule has 1 aliphatic rings. The van der Waals surface area contributed by atoms with E-state index in [0.29, 0.717) is 6.42 Å².